The second kappa shape index (κ2) is 7.48. The van der Waals surface area contributed by atoms with Gasteiger partial charge in [0.25, 0.3) is 0 Å². The van der Waals surface area contributed by atoms with Gasteiger partial charge in [-0.3, -0.25) is 9.10 Å². The highest BCUT2D eigenvalue weighted by Crippen LogP contribution is 2.23. The van der Waals surface area contributed by atoms with Crippen LogP contribution in [0.25, 0.3) is 0 Å². The van der Waals surface area contributed by atoms with E-state index in [0.717, 1.165) is 35.5 Å². The molecule has 0 aromatic heterocycles. The maximum atomic E-state index is 13.1. The first-order valence-corrected chi connectivity index (χ1v) is 9.72. The molecule has 1 saturated carbocycles. The first-order chi connectivity index (χ1) is 11.2. The van der Waals surface area contributed by atoms with Gasteiger partial charge in [-0.15, -0.1) is 0 Å². The molecule has 1 aliphatic rings. The van der Waals surface area contributed by atoms with Gasteiger partial charge in [0, 0.05) is 7.05 Å². The molecule has 2 rings (SSSR count). The Kier molecular flexibility index (Phi) is 5.82. The lowest BCUT2D eigenvalue weighted by atomic mass is 9.91. The van der Waals surface area contributed by atoms with Crippen LogP contribution in [0.2, 0.25) is 0 Å². The highest BCUT2D eigenvalue weighted by atomic mass is 32.2. The Morgan fingerprint density at radius 3 is 2.38 bits per heavy atom. The van der Waals surface area contributed by atoms with Crippen molar-refractivity contribution in [1.29, 1.82) is 0 Å². The number of rotatable bonds is 5. The molecule has 0 radical (unpaired) electrons. The molecule has 1 fully saturated rings. The van der Waals surface area contributed by atoms with Crippen LogP contribution in [0.1, 0.15) is 25.7 Å². The number of carbonyl (C=O) groups is 1. The minimum absolute atomic E-state index is 0.227. The van der Waals surface area contributed by atoms with E-state index >= 15 is 0 Å². The standard InChI is InChI=1S/C16H23FN2O4S/c1-18(14-5-3-4-6-15(14)20)16(21)11-19(24(2,22)23)13-9-7-12(17)8-10-13/h7-10,14-15,20H,3-6,11H2,1-2H3. The largest absolute Gasteiger partial charge is 0.391 e. The van der Waals surface area contributed by atoms with Gasteiger partial charge < -0.3 is 10.0 Å². The lowest BCUT2D eigenvalue weighted by Crippen LogP contribution is -2.50. The van der Waals surface area contributed by atoms with Crippen molar-refractivity contribution in [2.45, 2.75) is 37.8 Å². The average molecular weight is 358 g/mol. The molecule has 0 aliphatic heterocycles. The van der Waals surface area contributed by atoms with Gasteiger partial charge in [-0.1, -0.05) is 12.8 Å². The summed E-state index contributed by atoms with van der Waals surface area (Å²) in [6.07, 6.45) is 3.58. The van der Waals surface area contributed by atoms with Crippen molar-refractivity contribution < 1.29 is 22.7 Å². The fraction of sp³-hybridized carbons (Fsp3) is 0.562. The summed E-state index contributed by atoms with van der Waals surface area (Å²) in [6.45, 7) is -0.385. The fourth-order valence-corrected chi connectivity index (χ4v) is 3.82. The van der Waals surface area contributed by atoms with E-state index in [2.05, 4.69) is 0 Å². The fourth-order valence-electron chi connectivity index (χ4n) is 2.97. The summed E-state index contributed by atoms with van der Waals surface area (Å²) in [6, 6.07) is 4.62. The van der Waals surface area contributed by atoms with E-state index in [1.807, 2.05) is 0 Å². The third-order valence-electron chi connectivity index (χ3n) is 4.38. The number of hydrogen-bond donors (Lipinski definition) is 1. The Morgan fingerprint density at radius 2 is 1.83 bits per heavy atom. The van der Waals surface area contributed by atoms with Crippen LogP contribution in [0.4, 0.5) is 10.1 Å². The van der Waals surface area contributed by atoms with Gasteiger partial charge in [-0.05, 0) is 37.1 Å². The van der Waals surface area contributed by atoms with Gasteiger partial charge in [0.1, 0.15) is 12.4 Å². The van der Waals surface area contributed by atoms with Crippen LogP contribution >= 0.6 is 0 Å². The minimum Gasteiger partial charge on any atom is -0.391 e. The molecular weight excluding hydrogens is 335 g/mol. The maximum absolute atomic E-state index is 13.1. The van der Waals surface area contributed by atoms with Gasteiger partial charge in [-0.25, -0.2) is 12.8 Å². The summed E-state index contributed by atoms with van der Waals surface area (Å²) in [5.74, 6) is -0.892. The zero-order valence-corrected chi connectivity index (χ0v) is 14.7. The highest BCUT2D eigenvalue weighted by Gasteiger charge is 2.31. The number of aliphatic hydroxyl groups excluding tert-OH is 1. The van der Waals surface area contributed by atoms with Crippen molar-refractivity contribution in [2.24, 2.45) is 0 Å². The third kappa shape index (κ3) is 4.45. The van der Waals surface area contributed by atoms with E-state index in [0.29, 0.717) is 12.8 Å². The SMILES string of the molecule is CN(C(=O)CN(c1ccc(F)cc1)S(C)(=O)=O)C1CCCCC1O. The van der Waals surface area contributed by atoms with Crippen molar-refractivity contribution in [2.75, 3.05) is 24.2 Å². The normalized spacial score (nSPS) is 21.3. The number of likely N-dealkylation sites (N-methyl/N-ethyl adjacent to an activating group) is 1. The zero-order chi connectivity index (χ0) is 17.9. The van der Waals surface area contributed by atoms with Gasteiger partial charge in [-0.2, -0.15) is 0 Å². The quantitative estimate of drug-likeness (QED) is 0.862. The molecule has 0 spiro atoms. The van der Waals surface area contributed by atoms with Crippen LogP contribution in [-0.4, -0.2) is 56.3 Å². The molecule has 134 valence electrons. The third-order valence-corrected chi connectivity index (χ3v) is 5.52. The van der Waals surface area contributed by atoms with E-state index in [-0.39, 0.29) is 18.3 Å². The summed E-state index contributed by atoms with van der Waals surface area (Å²) in [4.78, 5) is 13.9. The lowest BCUT2D eigenvalue weighted by molar-refractivity contribution is -0.133. The van der Waals surface area contributed by atoms with Crippen LogP contribution in [0.5, 0.6) is 0 Å². The van der Waals surface area contributed by atoms with Gasteiger partial charge in [0.15, 0.2) is 0 Å². The number of halogens is 1. The number of amides is 1. The van der Waals surface area contributed by atoms with Gasteiger partial charge in [0.05, 0.1) is 24.1 Å². The smallest absolute Gasteiger partial charge is 0.243 e. The second-order valence-electron chi connectivity index (χ2n) is 6.17. The van der Waals surface area contributed by atoms with E-state index in [1.165, 1.54) is 17.0 Å². The molecule has 2 atom stereocenters. The Labute approximate surface area is 141 Å². The van der Waals surface area contributed by atoms with Crippen molar-refractivity contribution in [3.8, 4) is 0 Å². The van der Waals surface area contributed by atoms with E-state index in [1.54, 1.807) is 7.05 Å². The van der Waals surface area contributed by atoms with Crippen molar-refractivity contribution in [1.82, 2.24) is 4.90 Å². The molecule has 0 heterocycles. The zero-order valence-electron chi connectivity index (χ0n) is 13.9. The first-order valence-electron chi connectivity index (χ1n) is 7.87. The summed E-state index contributed by atoms with van der Waals surface area (Å²) in [7, 11) is -2.13. The van der Waals surface area contributed by atoms with Crippen molar-refractivity contribution in [3.05, 3.63) is 30.1 Å². The minimum atomic E-state index is -3.70. The molecule has 1 N–H and O–H groups in total. The Hall–Kier alpha value is -1.67. The predicted octanol–water partition coefficient (Wildman–Crippen LogP) is 1.35. The number of sulfonamides is 1. The molecule has 1 aromatic rings. The molecule has 0 saturated heterocycles. The van der Waals surface area contributed by atoms with Gasteiger partial charge in [0.2, 0.25) is 15.9 Å². The number of nitrogens with zero attached hydrogens (tertiary/aromatic N) is 2. The van der Waals surface area contributed by atoms with Crippen LogP contribution in [0.15, 0.2) is 24.3 Å². The molecule has 2 unspecified atom stereocenters. The van der Waals surface area contributed by atoms with E-state index in [9.17, 15) is 22.7 Å². The van der Waals surface area contributed by atoms with Crippen molar-refractivity contribution in [3.63, 3.8) is 0 Å². The number of carbonyl (C=O) groups excluding carboxylic acids is 1. The highest BCUT2D eigenvalue weighted by molar-refractivity contribution is 7.92. The average Bonchev–Trinajstić information content (AvgIpc) is 2.52. The Bertz CT molecular complexity index is 678. The molecular formula is C16H23FN2O4S. The maximum Gasteiger partial charge on any atom is 0.243 e. The second-order valence-corrected chi connectivity index (χ2v) is 8.08. The first kappa shape index (κ1) is 18.7. The Balaban J connectivity index is 2.17. The molecule has 1 amide bonds. The molecule has 24 heavy (non-hydrogen) atoms. The monoisotopic (exact) mass is 358 g/mol. The topological polar surface area (TPSA) is 77.9 Å². The number of anilines is 1. The number of aliphatic hydroxyl groups is 1. The summed E-state index contributed by atoms with van der Waals surface area (Å²) >= 11 is 0. The molecule has 6 nitrogen and oxygen atoms in total. The van der Waals surface area contributed by atoms with E-state index in [4.69, 9.17) is 0 Å². The molecule has 0 bridgehead atoms. The van der Waals surface area contributed by atoms with Crippen LogP contribution in [0.3, 0.4) is 0 Å². The van der Waals surface area contributed by atoms with E-state index < -0.39 is 27.9 Å². The van der Waals surface area contributed by atoms with Crippen molar-refractivity contribution >= 4 is 21.6 Å². The summed E-state index contributed by atoms with van der Waals surface area (Å²) in [5.41, 5.74) is 0.227. The number of benzene rings is 1. The lowest BCUT2D eigenvalue weighted by Gasteiger charge is -2.36. The van der Waals surface area contributed by atoms with Crippen LogP contribution in [0, 0.1) is 5.82 Å². The Morgan fingerprint density at radius 1 is 1.25 bits per heavy atom. The van der Waals surface area contributed by atoms with Gasteiger partial charge >= 0.3 is 0 Å². The predicted molar refractivity (Wildman–Crippen MR) is 89.6 cm³/mol. The number of hydrogen-bond acceptors (Lipinski definition) is 4. The summed E-state index contributed by atoms with van der Waals surface area (Å²) < 4.78 is 38.1. The van der Waals surface area contributed by atoms with Crippen LogP contribution in [-0.2, 0) is 14.8 Å². The summed E-state index contributed by atoms with van der Waals surface area (Å²) in [5, 5.41) is 10.1. The molecule has 1 aliphatic carbocycles. The van der Waals surface area contributed by atoms with Crippen LogP contribution < -0.4 is 4.31 Å². The molecule has 1 aromatic carbocycles. The molecule has 8 heteroatoms.